The van der Waals surface area contributed by atoms with Crippen LogP contribution in [0.3, 0.4) is 0 Å². The molecule has 4 heteroatoms. The Morgan fingerprint density at radius 3 is 2.92 bits per heavy atom. The van der Waals surface area contributed by atoms with Crippen LogP contribution in [-0.4, -0.2) is 41.3 Å². The molecule has 0 saturated carbocycles. The summed E-state index contributed by atoms with van der Waals surface area (Å²) in [7, 11) is 0. The number of aromatic amines is 1. The first kappa shape index (κ1) is 7.76. The standard InChI is InChI=1S/C8H14N4/c1-2-10-11-8(1)7-12-5-3-9-4-6-12/h1-2,9H,3-7H2,(H,10,11). The van der Waals surface area contributed by atoms with Crippen molar-refractivity contribution in [3.63, 3.8) is 0 Å². The highest BCUT2D eigenvalue weighted by Gasteiger charge is 2.09. The molecule has 2 rings (SSSR count). The van der Waals surface area contributed by atoms with E-state index in [0.717, 1.165) is 32.7 Å². The zero-order valence-corrected chi connectivity index (χ0v) is 7.08. The number of H-pyrrole nitrogens is 1. The van der Waals surface area contributed by atoms with E-state index in [2.05, 4.69) is 20.4 Å². The predicted molar refractivity (Wildman–Crippen MR) is 46.7 cm³/mol. The fourth-order valence-electron chi connectivity index (χ4n) is 1.48. The Morgan fingerprint density at radius 1 is 1.42 bits per heavy atom. The fourth-order valence-corrected chi connectivity index (χ4v) is 1.48. The van der Waals surface area contributed by atoms with Crippen LogP contribution in [0, 0.1) is 0 Å². The van der Waals surface area contributed by atoms with Gasteiger partial charge in [-0.1, -0.05) is 0 Å². The lowest BCUT2D eigenvalue weighted by atomic mass is 10.3. The summed E-state index contributed by atoms with van der Waals surface area (Å²) in [6.07, 6.45) is 1.80. The fraction of sp³-hybridized carbons (Fsp3) is 0.625. The molecule has 0 amide bonds. The number of nitrogens with zero attached hydrogens (tertiary/aromatic N) is 2. The van der Waals surface area contributed by atoms with Gasteiger partial charge in [0.2, 0.25) is 0 Å². The molecule has 1 fully saturated rings. The van der Waals surface area contributed by atoms with E-state index in [-0.39, 0.29) is 0 Å². The topological polar surface area (TPSA) is 44.0 Å². The quantitative estimate of drug-likeness (QED) is 0.640. The SMILES string of the molecule is c1cc(CN2CCNCC2)[nH]n1. The van der Waals surface area contributed by atoms with E-state index in [1.165, 1.54) is 5.69 Å². The van der Waals surface area contributed by atoms with Crippen molar-refractivity contribution in [2.24, 2.45) is 0 Å². The molecule has 0 radical (unpaired) electrons. The monoisotopic (exact) mass is 166 g/mol. The first-order chi connectivity index (χ1) is 5.95. The van der Waals surface area contributed by atoms with Crippen LogP contribution in [0.25, 0.3) is 0 Å². The highest BCUT2D eigenvalue weighted by molar-refractivity contribution is 4.97. The van der Waals surface area contributed by atoms with Crippen LogP contribution in [0.15, 0.2) is 12.3 Å². The maximum atomic E-state index is 3.92. The van der Waals surface area contributed by atoms with Crippen molar-refractivity contribution in [3.8, 4) is 0 Å². The smallest absolute Gasteiger partial charge is 0.0492 e. The summed E-state index contributed by atoms with van der Waals surface area (Å²) in [4.78, 5) is 2.42. The molecule has 0 bridgehead atoms. The molecule has 1 aromatic heterocycles. The minimum atomic E-state index is 1.00. The van der Waals surface area contributed by atoms with Gasteiger partial charge < -0.3 is 5.32 Å². The average molecular weight is 166 g/mol. The molecule has 66 valence electrons. The molecule has 1 aliphatic rings. The molecule has 2 N–H and O–H groups in total. The number of nitrogens with one attached hydrogen (secondary N) is 2. The minimum Gasteiger partial charge on any atom is -0.314 e. The van der Waals surface area contributed by atoms with Crippen LogP contribution < -0.4 is 5.32 Å². The van der Waals surface area contributed by atoms with Crippen molar-refractivity contribution < 1.29 is 0 Å². The zero-order valence-electron chi connectivity index (χ0n) is 7.08. The van der Waals surface area contributed by atoms with E-state index in [1.54, 1.807) is 6.20 Å². The first-order valence-corrected chi connectivity index (χ1v) is 4.36. The molecular formula is C8H14N4. The third kappa shape index (κ3) is 1.84. The first-order valence-electron chi connectivity index (χ1n) is 4.36. The Balaban J connectivity index is 1.86. The van der Waals surface area contributed by atoms with E-state index in [1.807, 2.05) is 6.07 Å². The Hall–Kier alpha value is -0.870. The second-order valence-corrected chi connectivity index (χ2v) is 3.11. The molecule has 4 nitrogen and oxygen atoms in total. The van der Waals surface area contributed by atoms with Gasteiger partial charge in [0.15, 0.2) is 0 Å². The molecule has 0 spiro atoms. The lowest BCUT2D eigenvalue weighted by molar-refractivity contribution is 0.230. The molecule has 1 aliphatic heterocycles. The Bertz CT molecular complexity index is 213. The van der Waals surface area contributed by atoms with Gasteiger partial charge in [0.25, 0.3) is 0 Å². The third-order valence-corrected chi connectivity index (χ3v) is 2.16. The van der Waals surface area contributed by atoms with Gasteiger partial charge in [-0.3, -0.25) is 10.00 Å². The summed E-state index contributed by atoms with van der Waals surface area (Å²) in [5.74, 6) is 0. The second-order valence-electron chi connectivity index (χ2n) is 3.11. The van der Waals surface area contributed by atoms with E-state index >= 15 is 0 Å². The Labute approximate surface area is 72.0 Å². The summed E-state index contributed by atoms with van der Waals surface area (Å²) in [5, 5.41) is 10.2. The summed E-state index contributed by atoms with van der Waals surface area (Å²) in [6.45, 7) is 5.49. The van der Waals surface area contributed by atoms with Gasteiger partial charge in [0.1, 0.15) is 0 Å². The summed E-state index contributed by atoms with van der Waals surface area (Å²) >= 11 is 0. The van der Waals surface area contributed by atoms with Crippen LogP contribution in [0.1, 0.15) is 5.69 Å². The van der Waals surface area contributed by atoms with Crippen LogP contribution in [0.4, 0.5) is 0 Å². The maximum Gasteiger partial charge on any atom is 0.0492 e. The van der Waals surface area contributed by atoms with Gasteiger partial charge in [0, 0.05) is 44.6 Å². The van der Waals surface area contributed by atoms with Gasteiger partial charge in [-0.05, 0) is 6.07 Å². The molecule has 0 unspecified atom stereocenters. The zero-order chi connectivity index (χ0) is 8.23. The van der Waals surface area contributed by atoms with E-state index in [0.29, 0.717) is 0 Å². The lowest BCUT2D eigenvalue weighted by Gasteiger charge is -2.26. The molecule has 2 heterocycles. The Morgan fingerprint density at radius 2 is 2.25 bits per heavy atom. The summed E-state index contributed by atoms with van der Waals surface area (Å²) in [6, 6.07) is 2.03. The van der Waals surface area contributed by atoms with Gasteiger partial charge in [-0.2, -0.15) is 5.10 Å². The van der Waals surface area contributed by atoms with E-state index in [4.69, 9.17) is 0 Å². The predicted octanol–water partition coefficient (Wildman–Crippen LogP) is -0.185. The number of hydrogen-bond acceptors (Lipinski definition) is 3. The van der Waals surface area contributed by atoms with Crippen LogP contribution in [0.5, 0.6) is 0 Å². The minimum absolute atomic E-state index is 1.00. The van der Waals surface area contributed by atoms with Crippen molar-refractivity contribution in [2.45, 2.75) is 6.54 Å². The number of aromatic nitrogens is 2. The largest absolute Gasteiger partial charge is 0.314 e. The van der Waals surface area contributed by atoms with Crippen LogP contribution in [-0.2, 0) is 6.54 Å². The Kier molecular flexibility index (Phi) is 2.39. The number of rotatable bonds is 2. The average Bonchev–Trinajstić information content (AvgIpc) is 2.59. The van der Waals surface area contributed by atoms with Crippen molar-refractivity contribution in [2.75, 3.05) is 26.2 Å². The molecule has 0 aliphatic carbocycles. The number of hydrogen-bond donors (Lipinski definition) is 2. The van der Waals surface area contributed by atoms with Gasteiger partial charge in [-0.25, -0.2) is 0 Å². The highest BCUT2D eigenvalue weighted by Crippen LogP contribution is 2.00. The van der Waals surface area contributed by atoms with Crippen LogP contribution >= 0.6 is 0 Å². The lowest BCUT2D eigenvalue weighted by Crippen LogP contribution is -2.42. The van der Waals surface area contributed by atoms with Crippen molar-refractivity contribution in [3.05, 3.63) is 18.0 Å². The molecule has 1 saturated heterocycles. The molecule has 0 atom stereocenters. The summed E-state index contributed by atoms with van der Waals surface area (Å²) in [5.41, 5.74) is 1.21. The van der Waals surface area contributed by atoms with Crippen molar-refractivity contribution in [1.29, 1.82) is 0 Å². The van der Waals surface area contributed by atoms with Crippen molar-refractivity contribution in [1.82, 2.24) is 20.4 Å². The molecule has 0 aromatic carbocycles. The third-order valence-electron chi connectivity index (χ3n) is 2.16. The van der Waals surface area contributed by atoms with Gasteiger partial charge >= 0.3 is 0 Å². The molecular weight excluding hydrogens is 152 g/mol. The van der Waals surface area contributed by atoms with Gasteiger partial charge in [-0.15, -0.1) is 0 Å². The summed E-state index contributed by atoms with van der Waals surface area (Å²) < 4.78 is 0. The highest BCUT2D eigenvalue weighted by atomic mass is 15.2. The molecule has 12 heavy (non-hydrogen) atoms. The van der Waals surface area contributed by atoms with Crippen molar-refractivity contribution >= 4 is 0 Å². The van der Waals surface area contributed by atoms with E-state index < -0.39 is 0 Å². The maximum absolute atomic E-state index is 3.92. The normalized spacial score (nSPS) is 19.7. The van der Waals surface area contributed by atoms with Crippen LogP contribution in [0.2, 0.25) is 0 Å². The second kappa shape index (κ2) is 3.69. The number of piperazine rings is 1. The van der Waals surface area contributed by atoms with Gasteiger partial charge in [0.05, 0.1) is 0 Å². The molecule has 1 aromatic rings. The van der Waals surface area contributed by atoms with E-state index in [9.17, 15) is 0 Å².